The van der Waals surface area contributed by atoms with E-state index in [0.29, 0.717) is 41.4 Å². The second-order valence-corrected chi connectivity index (χ2v) is 8.27. The molecule has 0 radical (unpaired) electrons. The maximum atomic E-state index is 13.4. The van der Waals surface area contributed by atoms with Gasteiger partial charge in [-0.3, -0.25) is 14.4 Å². The monoisotopic (exact) mass is 457 g/mol. The lowest BCUT2D eigenvalue weighted by atomic mass is 9.95. The molecule has 4 rings (SSSR count). The van der Waals surface area contributed by atoms with E-state index < -0.39 is 6.04 Å². The Morgan fingerprint density at radius 2 is 2.00 bits per heavy atom. The van der Waals surface area contributed by atoms with Crippen molar-refractivity contribution < 1.29 is 23.9 Å². The molecule has 3 amide bonds. The zero-order valence-electron chi connectivity index (χ0n) is 17.8. The fourth-order valence-electron chi connectivity index (χ4n) is 4.26. The minimum Gasteiger partial charge on any atom is -0.496 e. The molecule has 0 saturated carbocycles. The van der Waals surface area contributed by atoms with Gasteiger partial charge in [-0.05, 0) is 48.7 Å². The fraction of sp³-hybridized carbons (Fsp3) is 0.348. The van der Waals surface area contributed by atoms with Crippen LogP contribution in [0, 0.1) is 0 Å². The van der Waals surface area contributed by atoms with E-state index in [2.05, 4.69) is 10.6 Å². The second kappa shape index (κ2) is 9.18. The van der Waals surface area contributed by atoms with Gasteiger partial charge in [-0.1, -0.05) is 17.7 Å². The van der Waals surface area contributed by atoms with Gasteiger partial charge in [0.05, 0.1) is 18.4 Å². The van der Waals surface area contributed by atoms with Crippen LogP contribution in [0.1, 0.15) is 23.2 Å². The minimum atomic E-state index is -0.666. The van der Waals surface area contributed by atoms with Crippen LogP contribution in [-0.2, 0) is 14.3 Å². The predicted octanol–water partition coefficient (Wildman–Crippen LogP) is 2.70. The molecule has 2 aromatic carbocycles. The average Bonchev–Trinajstić information content (AvgIpc) is 2.88. The summed E-state index contributed by atoms with van der Waals surface area (Å²) in [6.45, 7) is 0.316. The summed E-state index contributed by atoms with van der Waals surface area (Å²) in [4.78, 5) is 39.8. The van der Waals surface area contributed by atoms with Crippen molar-refractivity contribution in [2.45, 2.75) is 24.9 Å². The Labute approximate surface area is 190 Å². The van der Waals surface area contributed by atoms with Gasteiger partial charge in [0.15, 0.2) is 0 Å². The van der Waals surface area contributed by atoms with Gasteiger partial charge < -0.3 is 25.0 Å². The first kappa shape index (κ1) is 22.1. The van der Waals surface area contributed by atoms with E-state index in [1.54, 1.807) is 42.3 Å². The normalized spacial score (nSPS) is 20.0. The van der Waals surface area contributed by atoms with Crippen LogP contribution < -0.4 is 15.4 Å². The van der Waals surface area contributed by atoms with Gasteiger partial charge >= 0.3 is 0 Å². The third-order valence-corrected chi connectivity index (χ3v) is 6.02. The summed E-state index contributed by atoms with van der Waals surface area (Å²) in [5.74, 6) is -0.108. The van der Waals surface area contributed by atoms with Gasteiger partial charge in [-0.25, -0.2) is 0 Å². The van der Waals surface area contributed by atoms with E-state index in [9.17, 15) is 14.4 Å². The third-order valence-electron chi connectivity index (χ3n) is 5.79. The van der Waals surface area contributed by atoms with Crippen LogP contribution in [0.5, 0.6) is 5.75 Å². The van der Waals surface area contributed by atoms with Crippen LogP contribution in [0.3, 0.4) is 0 Å². The molecule has 168 valence electrons. The van der Waals surface area contributed by atoms with Crippen molar-refractivity contribution in [3.05, 3.63) is 47.0 Å². The molecular formula is C23H24ClN3O5. The number of piperidine rings is 1. The second-order valence-electron chi connectivity index (χ2n) is 7.83. The van der Waals surface area contributed by atoms with Crippen molar-refractivity contribution in [1.29, 1.82) is 0 Å². The molecule has 0 aromatic heterocycles. The SMILES string of the molecule is COCC(=O)N[C@@H]1CCN2C(=O)c3cc(-c4cc(Cl)ccc4OC)ccc3NC(=O)[C@@H]2C1. The lowest BCUT2D eigenvalue weighted by molar-refractivity contribution is -0.127. The third kappa shape index (κ3) is 4.28. The molecule has 9 heteroatoms. The standard InChI is InChI=1S/C23H24ClN3O5/c1-31-12-21(28)25-15-7-8-27-19(11-15)22(29)26-18-5-3-13(9-17(18)23(27)30)16-10-14(24)4-6-20(16)32-2/h3-6,9-10,15,19H,7-8,11-12H2,1-2H3,(H,25,28)(H,26,29)/t15-,19+/m1/s1. The summed E-state index contributed by atoms with van der Waals surface area (Å²) < 4.78 is 10.3. The van der Waals surface area contributed by atoms with Crippen molar-refractivity contribution in [2.24, 2.45) is 0 Å². The number of hydrogen-bond donors (Lipinski definition) is 2. The van der Waals surface area contributed by atoms with E-state index in [0.717, 1.165) is 11.1 Å². The quantitative estimate of drug-likeness (QED) is 0.719. The zero-order chi connectivity index (χ0) is 22.8. The highest BCUT2D eigenvalue weighted by Gasteiger charge is 2.40. The number of rotatable bonds is 5. The summed E-state index contributed by atoms with van der Waals surface area (Å²) in [6, 6.07) is 9.70. The topological polar surface area (TPSA) is 97.0 Å². The fourth-order valence-corrected chi connectivity index (χ4v) is 4.43. The number of halogens is 1. The zero-order valence-corrected chi connectivity index (χ0v) is 18.6. The highest BCUT2D eigenvalue weighted by atomic mass is 35.5. The number of nitrogens with zero attached hydrogens (tertiary/aromatic N) is 1. The molecule has 2 aromatic rings. The maximum absolute atomic E-state index is 13.4. The number of nitrogens with one attached hydrogen (secondary N) is 2. The first-order valence-corrected chi connectivity index (χ1v) is 10.7. The van der Waals surface area contributed by atoms with Crippen molar-refractivity contribution in [2.75, 3.05) is 32.7 Å². The number of carbonyl (C=O) groups is 3. The smallest absolute Gasteiger partial charge is 0.256 e. The van der Waals surface area contributed by atoms with Crippen molar-refractivity contribution in [3.8, 4) is 16.9 Å². The summed E-state index contributed by atoms with van der Waals surface area (Å²) in [6.07, 6.45) is 0.901. The summed E-state index contributed by atoms with van der Waals surface area (Å²) in [7, 11) is 3.02. The summed E-state index contributed by atoms with van der Waals surface area (Å²) >= 11 is 6.18. The Morgan fingerprint density at radius 3 is 2.75 bits per heavy atom. The van der Waals surface area contributed by atoms with Gasteiger partial charge in [0.2, 0.25) is 11.8 Å². The van der Waals surface area contributed by atoms with Gasteiger partial charge in [0.1, 0.15) is 18.4 Å². The molecule has 1 fully saturated rings. The molecular weight excluding hydrogens is 434 g/mol. The molecule has 0 aliphatic carbocycles. The van der Waals surface area contributed by atoms with E-state index >= 15 is 0 Å². The van der Waals surface area contributed by atoms with Crippen molar-refractivity contribution in [1.82, 2.24) is 10.2 Å². The molecule has 2 heterocycles. The Balaban J connectivity index is 1.63. The van der Waals surface area contributed by atoms with E-state index in [4.69, 9.17) is 21.1 Å². The molecule has 0 unspecified atom stereocenters. The van der Waals surface area contributed by atoms with Crippen LogP contribution in [-0.4, -0.2) is 62.1 Å². The Kier molecular flexibility index (Phi) is 6.34. The number of fused-ring (bicyclic) bond motifs is 2. The number of ether oxygens (including phenoxy) is 2. The molecule has 2 N–H and O–H groups in total. The lowest BCUT2D eigenvalue weighted by Gasteiger charge is -2.37. The molecule has 2 atom stereocenters. The Morgan fingerprint density at radius 1 is 1.19 bits per heavy atom. The van der Waals surface area contributed by atoms with Gasteiger partial charge in [0.25, 0.3) is 5.91 Å². The largest absolute Gasteiger partial charge is 0.496 e. The number of carbonyl (C=O) groups excluding carboxylic acids is 3. The number of hydrogen-bond acceptors (Lipinski definition) is 5. The number of amides is 3. The Bertz CT molecular complexity index is 1070. The van der Waals surface area contributed by atoms with Gasteiger partial charge in [0, 0.05) is 30.3 Å². The van der Waals surface area contributed by atoms with Gasteiger partial charge in [-0.2, -0.15) is 0 Å². The first-order chi connectivity index (χ1) is 15.4. The van der Waals surface area contributed by atoms with Crippen LogP contribution in [0.15, 0.2) is 36.4 Å². The molecule has 2 aliphatic heterocycles. The first-order valence-electron chi connectivity index (χ1n) is 10.3. The molecule has 8 nitrogen and oxygen atoms in total. The Hall–Kier alpha value is -3.10. The molecule has 32 heavy (non-hydrogen) atoms. The molecule has 0 bridgehead atoms. The van der Waals surface area contributed by atoms with E-state index in [1.807, 2.05) is 6.07 Å². The highest BCUT2D eigenvalue weighted by Crippen LogP contribution is 2.36. The molecule has 0 spiro atoms. The van der Waals surface area contributed by atoms with E-state index in [1.165, 1.54) is 7.11 Å². The van der Waals surface area contributed by atoms with Crippen molar-refractivity contribution >= 4 is 35.0 Å². The number of benzene rings is 2. The van der Waals surface area contributed by atoms with Crippen molar-refractivity contribution in [3.63, 3.8) is 0 Å². The van der Waals surface area contributed by atoms with Crippen LogP contribution in [0.25, 0.3) is 11.1 Å². The molecule has 2 aliphatic rings. The van der Waals surface area contributed by atoms with E-state index in [-0.39, 0.29) is 30.4 Å². The highest BCUT2D eigenvalue weighted by molar-refractivity contribution is 6.31. The van der Waals surface area contributed by atoms with Gasteiger partial charge in [-0.15, -0.1) is 0 Å². The summed E-state index contributed by atoms with van der Waals surface area (Å²) in [5.41, 5.74) is 2.37. The number of anilines is 1. The van der Waals surface area contributed by atoms with Crippen LogP contribution >= 0.6 is 11.6 Å². The summed E-state index contributed by atoms with van der Waals surface area (Å²) in [5, 5.41) is 6.29. The lowest BCUT2D eigenvalue weighted by Crippen LogP contribution is -2.55. The number of methoxy groups -OCH3 is 2. The maximum Gasteiger partial charge on any atom is 0.256 e. The van der Waals surface area contributed by atoms with Crippen LogP contribution in [0.4, 0.5) is 5.69 Å². The molecule has 1 saturated heterocycles. The predicted molar refractivity (Wildman–Crippen MR) is 120 cm³/mol. The minimum absolute atomic E-state index is 0.0445. The van der Waals surface area contributed by atoms with Crippen LogP contribution in [0.2, 0.25) is 5.02 Å². The average molecular weight is 458 g/mol.